The molecule has 3 nitrogen and oxygen atoms in total. The van der Waals surface area contributed by atoms with Crippen molar-refractivity contribution in [3.05, 3.63) is 34.5 Å². The van der Waals surface area contributed by atoms with Crippen molar-refractivity contribution >= 4 is 17.3 Å². The number of allylic oxidation sites excluding steroid dienone is 1. The number of carbonyl (C=O) groups excluding carboxylic acids is 1. The highest BCUT2D eigenvalue weighted by molar-refractivity contribution is 7.10. The second-order valence-electron chi connectivity index (χ2n) is 5.36. The molecule has 102 valence electrons. The minimum Gasteiger partial charge on any atom is -0.469 e. The van der Waals surface area contributed by atoms with Crippen LogP contribution in [0, 0.1) is 11.8 Å². The van der Waals surface area contributed by atoms with Crippen LogP contribution in [0.3, 0.4) is 0 Å². The van der Waals surface area contributed by atoms with Crippen molar-refractivity contribution in [1.82, 2.24) is 5.32 Å². The van der Waals surface area contributed by atoms with Gasteiger partial charge in [-0.3, -0.25) is 4.79 Å². The SMILES string of the molecule is COC(=O)CC(NC1CC2CC=CC21)c1cccs1. The van der Waals surface area contributed by atoms with E-state index in [4.69, 9.17) is 4.74 Å². The van der Waals surface area contributed by atoms with Gasteiger partial charge in [0.2, 0.25) is 0 Å². The lowest BCUT2D eigenvalue weighted by Gasteiger charge is -2.42. The zero-order chi connectivity index (χ0) is 13.2. The minimum absolute atomic E-state index is 0.0902. The number of ether oxygens (including phenoxy) is 1. The summed E-state index contributed by atoms with van der Waals surface area (Å²) in [5.41, 5.74) is 0. The normalized spacial score (nSPS) is 29.6. The summed E-state index contributed by atoms with van der Waals surface area (Å²) in [6, 6.07) is 4.73. The summed E-state index contributed by atoms with van der Waals surface area (Å²) in [7, 11) is 1.45. The van der Waals surface area contributed by atoms with Gasteiger partial charge in [-0.2, -0.15) is 0 Å². The van der Waals surface area contributed by atoms with E-state index in [0.717, 1.165) is 5.92 Å². The predicted octanol–water partition coefficient (Wildman–Crippen LogP) is 2.91. The highest BCUT2D eigenvalue weighted by Gasteiger charge is 2.42. The Morgan fingerprint density at radius 3 is 3.21 bits per heavy atom. The van der Waals surface area contributed by atoms with Crippen molar-refractivity contribution in [1.29, 1.82) is 0 Å². The van der Waals surface area contributed by atoms with Gasteiger partial charge in [0, 0.05) is 10.9 Å². The molecule has 0 saturated heterocycles. The molecule has 1 aromatic rings. The first-order valence-corrected chi connectivity index (χ1v) is 7.69. The fraction of sp³-hybridized carbons (Fsp3) is 0.533. The molecule has 3 rings (SSSR count). The second kappa shape index (κ2) is 5.47. The Hall–Kier alpha value is -1.13. The number of fused-ring (bicyclic) bond motifs is 1. The van der Waals surface area contributed by atoms with Gasteiger partial charge >= 0.3 is 5.97 Å². The Labute approximate surface area is 117 Å². The maximum atomic E-state index is 11.6. The van der Waals surface area contributed by atoms with Crippen LogP contribution in [0.25, 0.3) is 0 Å². The molecule has 0 radical (unpaired) electrons. The lowest BCUT2D eigenvalue weighted by Crippen LogP contribution is -2.49. The molecule has 1 fully saturated rings. The maximum Gasteiger partial charge on any atom is 0.307 e. The van der Waals surface area contributed by atoms with Gasteiger partial charge in [0.1, 0.15) is 0 Å². The summed E-state index contributed by atoms with van der Waals surface area (Å²) >= 11 is 1.70. The molecule has 1 saturated carbocycles. The van der Waals surface area contributed by atoms with E-state index in [1.165, 1.54) is 24.8 Å². The van der Waals surface area contributed by atoms with E-state index in [-0.39, 0.29) is 12.0 Å². The number of hydrogen-bond acceptors (Lipinski definition) is 4. The highest BCUT2D eigenvalue weighted by atomic mass is 32.1. The monoisotopic (exact) mass is 277 g/mol. The molecular weight excluding hydrogens is 258 g/mol. The van der Waals surface area contributed by atoms with Gasteiger partial charge in [-0.05, 0) is 36.1 Å². The topological polar surface area (TPSA) is 38.3 Å². The first-order chi connectivity index (χ1) is 9.28. The molecule has 0 aliphatic heterocycles. The van der Waals surface area contributed by atoms with Gasteiger partial charge in [0.15, 0.2) is 0 Å². The van der Waals surface area contributed by atoms with E-state index in [1.807, 2.05) is 6.07 Å². The summed E-state index contributed by atoms with van der Waals surface area (Å²) < 4.78 is 4.81. The number of rotatable bonds is 5. The molecule has 1 N–H and O–H groups in total. The van der Waals surface area contributed by atoms with Crippen LogP contribution in [0.2, 0.25) is 0 Å². The Bertz CT molecular complexity index is 468. The van der Waals surface area contributed by atoms with Crippen LogP contribution in [-0.4, -0.2) is 19.1 Å². The minimum atomic E-state index is -0.149. The quantitative estimate of drug-likeness (QED) is 0.664. The van der Waals surface area contributed by atoms with Gasteiger partial charge in [-0.25, -0.2) is 0 Å². The number of hydrogen-bond donors (Lipinski definition) is 1. The largest absolute Gasteiger partial charge is 0.469 e. The second-order valence-corrected chi connectivity index (χ2v) is 6.34. The Morgan fingerprint density at radius 2 is 2.53 bits per heavy atom. The lowest BCUT2D eigenvalue weighted by atomic mass is 9.71. The van der Waals surface area contributed by atoms with Gasteiger partial charge in [-0.1, -0.05) is 18.2 Å². The van der Waals surface area contributed by atoms with Crippen molar-refractivity contribution in [3.63, 3.8) is 0 Å². The Kier molecular flexibility index (Phi) is 3.71. The fourth-order valence-corrected chi connectivity index (χ4v) is 3.93. The number of methoxy groups -OCH3 is 1. The molecule has 0 aromatic carbocycles. The van der Waals surface area contributed by atoms with E-state index >= 15 is 0 Å². The van der Waals surface area contributed by atoms with Crippen molar-refractivity contribution in [2.45, 2.75) is 31.3 Å². The van der Waals surface area contributed by atoms with E-state index in [1.54, 1.807) is 11.3 Å². The zero-order valence-electron chi connectivity index (χ0n) is 11.0. The summed E-state index contributed by atoms with van der Waals surface area (Å²) in [6.07, 6.45) is 7.48. The molecule has 1 aromatic heterocycles. The van der Waals surface area contributed by atoms with Crippen LogP contribution >= 0.6 is 11.3 Å². The number of carbonyl (C=O) groups is 1. The van der Waals surface area contributed by atoms with E-state index < -0.39 is 0 Å². The smallest absolute Gasteiger partial charge is 0.307 e. The van der Waals surface area contributed by atoms with Crippen LogP contribution < -0.4 is 5.32 Å². The number of esters is 1. The molecule has 4 heteroatoms. The number of nitrogens with one attached hydrogen (secondary N) is 1. The van der Waals surface area contributed by atoms with Crippen LogP contribution in [0.15, 0.2) is 29.7 Å². The third kappa shape index (κ3) is 2.60. The van der Waals surface area contributed by atoms with Crippen molar-refractivity contribution < 1.29 is 9.53 Å². The lowest BCUT2D eigenvalue weighted by molar-refractivity contribution is -0.141. The molecule has 19 heavy (non-hydrogen) atoms. The van der Waals surface area contributed by atoms with Crippen LogP contribution in [0.4, 0.5) is 0 Å². The predicted molar refractivity (Wildman–Crippen MR) is 76.0 cm³/mol. The molecule has 0 amide bonds. The molecule has 2 aliphatic rings. The summed E-state index contributed by atoms with van der Waals surface area (Å²) in [5, 5.41) is 5.71. The van der Waals surface area contributed by atoms with E-state index in [0.29, 0.717) is 18.4 Å². The molecule has 2 aliphatic carbocycles. The molecular formula is C15H19NO2S. The molecule has 0 bridgehead atoms. The third-order valence-corrected chi connectivity index (χ3v) is 5.25. The molecule has 0 spiro atoms. The standard InChI is InChI=1S/C15H19NO2S/c1-18-15(17)9-13(14-6-3-7-19-14)16-12-8-10-4-2-5-11(10)12/h2-3,5-7,10-13,16H,4,8-9H2,1H3. The van der Waals surface area contributed by atoms with Crippen molar-refractivity contribution in [2.24, 2.45) is 11.8 Å². The fourth-order valence-electron chi connectivity index (χ4n) is 3.15. The average Bonchev–Trinajstić information content (AvgIpc) is 3.03. The van der Waals surface area contributed by atoms with Crippen LogP contribution in [0.5, 0.6) is 0 Å². The van der Waals surface area contributed by atoms with E-state index in [2.05, 4.69) is 28.9 Å². The summed E-state index contributed by atoms with van der Waals surface area (Å²) in [4.78, 5) is 12.8. The first kappa shape index (κ1) is 12.9. The average molecular weight is 277 g/mol. The molecule has 4 unspecified atom stereocenters. The van der Waals surface area contributed by atoms with Gasteiger partial charge in [0.25, 0.3) is 0 Å². The van der Waals surface area contributed by atoms with Crippen molar-refractivity contribution in [3.8, 4) is 0 Å². The summed E-state index contributed by atoms with van der Waals surface area (Å²) in [5.74, 6) is 1.35. The Balaban J connectivity index is 1.66. The highest BCUT2D eigenvalue weighted by Crippen LogP contribution is 2.43. The third-order valence-electron chi connectivity index (χ3n) is 4.26. The molecule has 4 atom stereocenters. The van der Waals surface area contributed by atoms with Gasteiger partial charge in [0.05, 0.1) is 19.6 Å². The molecule has 1 heterocycles. The van der Waals surface area contributed by atoms with Crippen LogP contribution in [0.1, 0.15) is 30.2 Å². The van der Waals surface area contributed by atoms with Gasteiger partial charge < -0.3 is 10.1 Å². The maximum absolute atomic E-state index is 11.6. The number of thiophene rings is 1. The summed E-state index contributed by atoms with van der Waals surface area (Å²) in [6.45, 7) is 0. The van der Waals surface area contributed by atoms with Crippen LogP contribution in [-0.2, 0) is 9.53 Å². The van der Waals surface area contributed by atoms with Gasteiger partial charge in [-0.15, -0.1) is 11.3 Å². The van der Waals surface area contributed by atoms with Crippen molar-refractivity contribution in [2.75, 3.05) is 7.11 Å². The zero-order valence-corrected chi connectivity index (χ0v) is 11.9. The Morgan fingerprint density at radius 1 is 1.63 bits per heavy atom. The first-order valence-electron chi connectivity index (χ1n) is 6.81. The van der Waals surface area contributed by atoms with E-state index in [9.17, 15) is 4.79 Å².